The van der Waals surface area contributed by atoms with Crippen molar-refractivity contribution in [2.24, 2.45) is 11.1 Å². The van der Waals surface area contributed by atoms with E-state index in [9.17, 15) is 9.18 Å². The molecular weight excluding hydrogens is 635 g/mol. The van der Waals surface area contributed by atoms with Crippen LogP contribution in [-0.4, -0.2) is 113 Å². The third-order valence-electron chi connectivity index (χ3n) is 10.6. The molecule has 2 N–H and O–H groups in total. The lowest BCUT2D eigenvalue weighted by Gasteiger charge is -2.59. The van der Waals surface area contributed by atoms with E-state index in [0.717, 1.165) is 102 Å². The molecule has 2 saturated heterocycles. The average Bonchev–Trinajstić information content (AvgIpc) is 3.05. The van der Waals surface area contributed by atoms with Gasteiger partial charge in [0.1, 0.15) is 29.7 Å². The highest BCUT2D eigenvalue weighted by Gasteiger charge is 2.54. The van der Waals surface area contributed by atoms with Crippen LogP contribution in [0.25, 0.3) is 0 Å². The largest absolute Gasteiger partial charge is 0.490 e. The number of benzene rings is 1. The second-order valence-electron chi connectivity index (χ2n) is 15.3. The summed E-state index contributed by atoms with van der Waals surface area (Å²) in [5.74, 6) is 1.86. The molecule has 3 fully saturated rings. The molecule has 1 aromatic carbocycles. The van der Waals surface area contributed by atoms with E-state index in [4.69, 9.17) is 15.2 Å². The lowest BCUT2D eigenvalue weighted by Crippen LogP contribution is -2.65. The third-order valence-corrected chi connectivity index (χ3v) is 10.6. The number of likely N-dealkylation sites (tertiary alicyclic amines) is 1. The van der Waals surface area contributed by atoms with Crippen LogP contribution in [0.4, 0.5) is 10.2 Å². The fourth-order valence-electron chi connectivity index (χ4n) is 7.57. The molecular formula is C38H53FN8O3. The number of hydrogen-bond donors (Lipinski definition) is 1. The Labute approximate surface area is 296 Å². The minimum absolute atomic E-state index is 0.0133. The van der Waals surface area contributed by atoms with Crippen LogP contribution in [0.5, 0.6) is 17.2 Å². The van der Waals surface area contributed by atoms with Crippen molar-refractivity contribution < 1.29 is 18.7 Å². The van der Waals surface area contributed by atoms with Crippen molar-refractivity contribution in [2.75, 3.05) is 64.3 Å². The van der Waals surface area contributed by atoms with Crippen molar-refractivity contribution in [1.29, 1.82) is 0 Å². The molecule has 12 heteroatoms. The maximum absolute atomic E-state index is 13.6. The molecule has 0 unspecified atom stereocenters. The van der Waals surface area contributed by atoms with Crippen LogP contribution in [0.2, 0.25) is 0 Å². The van der Waals surface area contributed by atoms with Crippen LogP contribution in [0.1, 0.15) is 68.6 Å². The summed E-state index contributed by atoms with van der Waals surface area (Å²) >= 11 is 0. The van der Waals surface area contributed by atoms with Crippen LogP contribution in [0, 0.1) is 11.2 Å². The number of nitrogens with zero attached hydrogens (tertiary/aromatic N) is 7. The fraction of sp³-hybridized carbons (Fsp3) is 0.579. The maximum atomic E-state index is 13.6. The molecule has 1 spiro atoms. The summed E-state index contributed by atoms with van der Waals surface area (Å²) in [7, 11) is 2.13. The summed E-state index contributed by atoms with van der Waals surface area (Å²) in [6.07, 6.45) is 9.76. The molecule has 0 atom stereocenters. The summed E-state index contributed by atoms with van der Waals surface area (Å²) in [5.41, 5.74) is 8.87. The molecule has 270 valence electrons. The van der Waals surface area contributed by atoms with Gasteiger partial charge in [-0.05, 0) is 91.0 Å². The van der Waals surface area contributed by atoms with E-state index < -0.39 is 5.82 Å². The van der Waals surface area contributed by atoms with E-state index in [1.54, 1.807) is 6.20 Å². The second-order valence-corrected chi connectivity index (χ2v) is 15.3. The van der Waals surface area contributed by atoms with Crippen LogP contribution in [-0.2, 0) is 13.0 Å². The second kappa shape index (κ2) is 15.3. The number of nitrogens with two attached hydrogens (primary N) is 1. The van der Waals surface area contributed by atoms with Crippen LogP contribution >= 0.6 is 0 Å². The molecule has 3 aliphatic heterocycles. The lowest BCUT2D eigenvalue weighted by molar-refractivity contribution is -0.0353. The number of aromatic nitrogens is 3. The van der Waals surface area contributed by atoms with Crippen LogP contribution < -0.4 is 20.1 Å². The Kier molecular flexibility index (Phi) is 11.0. The van der Waals surface area contributed by atoms with Crippen LogP contribution in [0.15, 0.2) is 43.0 Å². The van der Waals surface area contributed by atoms with Crippen molar-refractivity contribution >= 4 is 12.1 Å². The van der Waals surface area contributed by atoms with Gasteiger partial charge in [-0.2, -0.15) is 0 Å². The van der Waals surface area contributed by atoms with E-state index in [2.05, 4.69) is 69.3 Å². The SMILES string of the molecule is CC1(N)CN(CCCN2CCc3nccc(OC4CC5(C4)CN(c4ncncc4Oc4ccc(F)cc4C=O)C5)c3C2)C1.CCN(C)C(C)C. The predicted octanol–water partition coefficient (Wildman–Crippen LogP) is 4.79. The Hall–Kier alpha value is -3.71. The first-order valence-corrected chi connectivity index (χ1v) is 18.0. The van der Waals surface area contributed by atoms with Gasteiger partial charge in [-0.15, -0.1) is 0 Å². The molecule has 0 amide bonds. The Balaban J connectivity index is 0.000000561. The smallest absolute Gasteiger partial charge is 0.188 e. The molecule has 3 aromatic rings. The highest BCUT2D eigenvalue weighted by molar-refractivity contribution is 5.79. The van der Waals surface area contributed by atoms with Gasteiger partial charge in [-0.3, -0.25) is 19.6 Å². The van der Waals surface area contributed by atoms with Crippen molar-refractivity contribution in [3.05, 3.63) is 65.6 Å². The van der Waals surface area contributed by atoms with Gasteiger partial charge in [-0.25, -0.2) is 14.4 Å². The molecule has 4 aliphatic rings. The number of anilines is 1. The van der Waals surface area contributed by atoms with Crippen molar-refractivity contribution in [2.45, 2.75) is 77.6 Å². The number of hydrogen-bond acceptors (Lipinski definition) is 11. The molecule has 0 radical (unpaired) electrons. The Morgan fingerprint density at radius 3 is 2.52 bits per heavy atom. The summed E-state index contributed by atoms with van der Waals surface area (Å²) in [6.45, 7) is 17.6. The fourth-order valence-corrected chi connectivity index (χ4v) is 7.57. The van der Waals surface area contributed by atoms with E-state index in [0.29, 0.717) is 23.9 Å². The number of fused-ring (bicyclic) bond motifs is 1. The quantitative estimate of drug-likeness (QED) is 0.265. The Morgan fingerprint density at radius 1 is 1.08 bits per heavy atom. The molecule has 5 heterocycles. The lowest BCUT2D eigenvalue weighted by atomic mass is 9.61. The normalized spacial score (nSPS) is 19.6. The molecule has 1 saturated carbocycles. The molecule has 50 heavy (non-hydrogen) atoms. The number of pyridine rings is 1. The molecule has 11 nitrogen and oxygen atoms in total. The van der Waals surface area contributed by atoms with Gasteiger partial charge in [-0.1, -0.05) is 6.92 Å². The molecule has 1 aliphatic carbocycles. The number of rotatable bonds is 12. The standard InChI is InChI=1S/C32H38FN7O3.C6H15N/c1-31(34)17-39(18-31)9-2-8-38-10-6-26-25(15-38)28(5-7-36-26)42-24-12-32(13-24)19-40(20-32)30-29(14-35-21-37-30)43-27-4-3-23(33)11-22(27)16-41;1-5-7(4)6(2)3/h3-5,7,11,14,16,21,24H,2,6,8-10,12-13,15,17-20,34H2,1H3;6H,5H2,1-4H3. The minimum atomic E-state index is -0.492. The molecule has 0 bridgehead atoms. The zero-order chi connectivity index (χ0) is 35.5. The number of halogens is 1. The average molecular weight is 689 g/mol. The van der Waals surface area contributed by atoms with Crippen molar-refractivity contribution in [1.82, 2.24) is 29.7 Å². The van der Waals surface area contributed by atoms with Gasteiger partial charge < -0.3 is 25.0 Å². The predicted molar refractivity (Wildman–Crippen MR) is 192 cm³/mol. The summed E-state index contributed by atoms with van der Waals surface area (Å²) in [6, 6.07) is 6.59. The first-order chi connectivity index (χ1) is 24.0. The number of carbonyl (C=O) groups excluding carboxylic acids is 1. The van der Waals surface area contributed by atoms with Gasteiger partial charge >= 0.3 is 0 Å². The van der Waals surface area contributed by atoms with E-state index >= 15 is 0 Å². The van der Waals surface area contributed by atoms with E-state index in [1.165, 1.54) is 24.0 Å². The number of carbonyl (C=O) groups is 1. The van der Waals surface area contributed by atoms with E-state index in [-0.39, 0.29) is 28.4 Å². The van der Waals surface area contributed by atoms with Gasteiger partial charge in [0.2, 0.25) is 0 Å². The number of ether oxygens (including phenoxy) is 2. The Morgan fingerprint density at radius 2 is 1.84 bits per heavy atom. The van der Waals surface area contributed by atoms with Gasteiger partial charge in [0.25, 0.3) is 0 Å². The summed E-state index contributed by atoms with van der Waals surface area (Å²) in [4.78, 5) is 34.1. The summed E-state index contributed by atoms with van der Waals surface area (Å²) in [5, 5.41) is 0. The third kappa shape index (κ3) is 8.42. The van der Waals surface area contributed by atoms with E-state index in [1.807, 2.05) is 12.3 Å². The topological polar surface area (TPSA) is 113 Å². The maximum Gasteiger partial charge on any atom is 0.188 e. The van der Waals surface area contributed by atoms with Crippen molar-refractivity contribution in [3.63, 3.8) is 0 Å². The Bertz CT molecular complexity index is 1620. The first kappa shape index (κ1) is 36.1. The van der Waals surface area contributed by atoms with Crippen molar-refractivity contribution in [3.8, 4) is 17.2 Å². The van der Waals surface area contributed by atoms with Crippen LogP contribution in [0.3, 0.4) is 0 Å². The summed E-state index contributed by atoms with van der Waals surface area (Å²) < 4.78 is 26.1. The first-order valence-electron chi connectivity index (χ1n) is 18.0. The highest BCUT2D eigenvalue weighted by Crippen LogP contribution is 2.52. The molecule has 7 rings (SSSR count). The monoisotopic (exact) mass is 688 g/mol. The van der Waals surface area contributed by atoms with Gasteiger partial charge in [0.15, 0.2) is 17.9 Å². The molecule has 2 aromatic heterocycles. The highest BCUT2D eigenvalue weighted by atomic mass is 19.1. The van der Waals surface area contributed by atoms with Gasteiger partial charge in [0, 0.05) is 80.1 Å². The minimum Gasteiger partial charge on any atom is -0.490 e. The number of aldehydes is 1. The van der Waals surface area contributed by atoms with Gasteiger partial charge in [0.05, 0.1) is 11.8 Å². The zero-order valence-electron chi connectivity index (χ0n) is 30.3. The zero-order valence-corrected chi connectivity index (χ0v) is 30.3.